The lowest BCUT2D eigenvalue weighted by Gasteiger charge is -2.09. The van der Waals surface area contributed by atoms with Gasteiger partial charge in [-0.15, -0.1) is 30.4 Å². The van der Waals surface area contributed by atoms with Crippen LogP contribution in [0.5, 0.6) is 5.75 Å². The second-order valence-corrected chi connectivity index (χ2v) is 2.73. The molecule has 0 amide bonds. The molecule has 86 valence electrons. The fraction of sp³-hybridized carbons (Fsp3) is 0.182. The molecule has 1 aromatic rings. The molecule has 0 saturated carbocycles. The number of aliphatic imine (C=N–C) groups is 1. The highest BCUT2D eigenvalue weighted by molar-refractivity contribution is 14.0. The number of halogens is 1. The summed E-state index contributed by atoms with van der Waals surface area (Å²) < 4.78 is 5.14. The molecule has 0 atom stereocenters. The van der Waals surface area contributed by atoms with Crippen LogP contribution in [0.25, 0.3) is 0 Å². The number of anilines is 1. The van der Waals surface area contributed by atoms with Crippen LogP contribution in [0.3, 0.4) is 0 Å². The van der Waals surface area contributed by atoms with Crippen molar-refractivity contribution in [3.05, 3.63) is 24.3 Å². The number of methoxy groups -OCH3 is 1. The summed E-state index contributed by atoms with van der Waals surface area (Å²) >= 11 is 0. The van der Waals surface area contributed by atoms with Crippen molar-refractivity contribution >= 4 is 35.6 Å². The number of nitrogens with two attached hydrogens (primary N) is 1. The van der Waals surface area contributed by atoms with E-state index in [2.05, 4.69) is 16.2 Å². The average Bonchev–Trinajstić information content (AvgIpc) is 2.27. The van der Waals surface area contributed by atoms with Gasteiger partial charge in [-0.2, -0.15) is 0 Å². The van der Waals surface area contributed by atoms with Crippen molar-refractivity contribution < 1.29 is 4.74 Å². The van der Waals surface area contributed by atoms with E-state index in [9.17, 15) is 0 Å². The van der Waals surface area contributed by atoms with E-state index in [-0.39, 0.29) is 36.5 Å². The van der Waals surface area contributed by atoms with Crippen LogP contribution < -0.4 is 15.8 Å². The zero-order valence-corrected chi connectivity index (χ0v) is 11.3. The first-order valence-corrected chi connectivity index (χ1v) is 4.41. The molecule has 0 aliphatic heterocycles. The third kappa shape index (κ3) is 4.40. The number of nitrogens with zero attached hydrogens (tertiary/aromatic N) is 1. The van der Waals surface area contributed by atoms with Gasteiger partial charge >= 0.3 is 0 Å². The van der Waals surface area contributed by atoms with Gasteiger partial charge in [0, 0.05) is 0 Å². The summed E-state index contributed by atoms with van der Waals surface area (Å²) in [5, 5.41) is 2.90. The summed E-state index contributed by atoms with van der Waals surface area (Å²) in [5.74, 6) is 3.35. The third-order valence-electron chi connectivity index (χ3n) is 1.71. The SMILES string of the molecule is C#CCN=C(N)Nc1ccccc1OC.I. The highest BCUT2D eigenvalue weighted by Gasteiger charge is 2.01. The highest BCUT2D eigenvalue weighted by Crippen LogP contribution is 2.22. The lowest BCUT2D eigenvalue weighted by atomic mass is 10.3. The van der Waals surface area contributed by atoms with Crippen LogP contribution in [0, 0.1) is 12.3 Å². The Morgan fingerprint density at radius 1 is 1.56 bits per heavy atom. The predicted molar refractivity (Wildman–Crippen MR) is 77.4 cm³/mol. The largest absolute Gasteiger partial charge is 0.495 e. The van der Waals surface area contributed by atoms with Crippen molar-refractivity contribution in [2.75, 3.05) is 19.0 Å². The fourth-order valence-electron chi connectivity index (χ4n) is 1.06. The number of para-hydroxylation sites is 2. The summed E-state index contributed by atoms with van der Waals surface area (Å²) in [7, 11) is 1.59. The van der Waals surface area contributed by atoms with E-state index >= 15 is 0 Å². The molecular weight excluding hydrogens is 317 g/mol. The molecule has 0 aliphatic carbocycles. The molecule has 0 unspecified atom stereocenters. The number of ether oxygens (including phenoxy) is 1. The van der Waals surface area contributed by atoms with Gasteiger partial charge in [-0.3, -0.25) is 0 Å². The average molecular weight is 331 g/mol. The minimum absolute atomic E-state index is 0. The number of benzene rings is 1. The van der Waals surface area contributed by atoms with E-state index in [1.165, 1.54) is 0 Å². The van der Waals surface area contributed by atoms with Gasteiger partial charge in [0.2, 0.25) is 0 Å². The normalized spacial score (nSPS) is 9.88. The van der Waals surface area contributed by atoms with Crippen LogP contribution in [0.4, 0.5) is 5.69 Å². The molecule has 0 bridgehead atoms. The molecule has 3 N–H and O–H groups in total. The summed E-state index contributed by atoms with van der Waals surface area (Å²) in [5.41, 5.74) is 6.37. The van der Waals surface area contributed by atoms with Gasteiger partial charge < -0.3 is 15.8 Å². The standard InChI is InChI=1S/C11H13N3O.HI/c1-3-8-13-11(12)14-9-6-4-5-7-10(9)15-2;/h1,4-7H,8H2,2H3,(H3,12,13,14);1H. The minimum atomic E-state index is 0. The lowest BCUT2D eigenvalue weighted by Crippen LogP contribution is -2.23. The van der Waals surface area contributed by atoms with Gasteiger partial charge in [-0.1, -0.05) is 18.1 Å². The van der Waals surface area contributed by atoms with E-state index < -0.39 is 0 Å². The van der Waals surface area contributed by atoms with Gasteiger partial charge in [0.25, 0.3) is 0 Å². The van der Waals surface area contributed by atoms with Crippen LogP contribution >= 0.6 is 24.0 Å². The number of guanidine groups is 1. The molecular formula is C11H14IN3O. The van der Waals surface area contributed by atoms with Gasteiger partial charge in [-0.25, -0.2) is 4.99 Å². The van der Waals surface area contributed by atoms with Crippen LogP contribution in [0.2, 0.25) is 0 Å². The maximum absolute atomic E-state index is 5.60. The number of hydrogen-bond donors (Lipinski definition) is 2. The smallest absolute Gasteiger partial charge is 0.194 e. The van der Waals surface area contributed by atoms with Gasteiger partial charge in [0.1, 0.15) is 12.3 Å². The summed E-state index contributed by atoms with van der Waals surface area (Å²) in [6, 6.07) is 7.42. The topological polar surface area (TPSA) is 59.6 Å². The zero-order chi connectivity index (χ0) is 11.1. The Morgan fingerprint density at radius 2 is 2.25 bits per heavy atom. The van der Waals surface area contributed by atoms with Gasteiger partial charge in [-0.05, 0) is 12.1 Å². The van der Waals surface area contributed by atoms with Gasteiger partial charge in [0.05, 0.1) is 12.8 Å². The molecule has 1 rings (SSSR count). The molecule has 0 heterocycles. The first-order valence-electron chi connectivity index (χ1n) is 4.41. The van der Waals surface area contributed by atoms with Crippen molar-refractivity contribution in [2.45, 2.75) is 0 Å². The van der Waals surface area contributed by atoms with Crippen LogP contribution in [0.1, 0.15) is 0 Å². The molecule has 1 aromatic carbocycles. The van der Waals surface area contributed by atoms with Crippen molar-refractivity contribution in [3.63, 3.8) is 0 Å². The molecule has 16 heavy (non-hydrogen) atoms. The fourth-order valence-corrected chi connectivity index (χ4v) is 1.06. The molecule has 4 nitrogen and oxygen atoms in total. The Balaban J connectivity index is 0.00000225. The molecule has 0 radical (unpaired) electrons. The molecule has 0 saturated heterocycles. The minimum Gasteiger partial charge on any atom is -0.495 e. The summed E-state index contributed by atoms with van der Waals surface area (Å²) in [6.07, 6.45) is 5.06. The maximum Gasteiger partial charge on any atom is 0.194 e. The molecule has 0 aromatic heterocycles. The van der Waals surface area contributed by atoms with Crippen molar-refractivity contribution in [1.82, 2.24) is 0 Å². The quantitative estimate of drug-likeness (QED) is 0.383. The van der Waals surface area contributed by atoms with E-state index in [0.717, 1.165) is 5.69 Å². The summed E-state index contributed by atoms with van der Waals surface area (Å²) in [4.78, 5) is 3.90. The van der Waals surface area contributed by atoms with Crippen molar-refractivity contribution in [1.29, 1.82) is 0 Å². The first-order chi connectivity index (χ1) is 7.27. The van der Waals surface area contributed by atoms with E-state index in [1.807, 2.05) is 24.3 Å². The number of nitrogens with one attached hydrogen (secondary N) is 1. The van der Waals surface area contributed by atoms with Gasteiger partial charge in [0.15, 0.2) is 5.96 Å². The Labute approximate surface area is 112 Å². The molecule has 5 heteroatoms. The van der Waals surface area contributed by atoms with Crippen molar-refractivity contribution in [3.8, 4) is 18.1 Å². The monoisotopic (exact) mass is 331 g/mol. The molecule has 0 aliphatic rings. The van der Waals surface area contributed by atoms with Crippen LogP contribution in [-0.2, 0) is 0 Å². The third-order valence-corrected chi connectivity index (χ3v) is 1.71. The Kier molecular flexibility index (Phi) is 7.12. The Bertz CT molecular complexity index is 398. The first kappa shape index (κ1) is 14.6. The van der Waals surface area contributed by atoms with Crippen LogP contribution in [-0.4, -0.2) is 19.6 Å². The Hall–Kier alpha value is -1.42. The summed E-state index contributed by atoms with van der Waals surface area (Å²) in [6.45, 7) is 0.258. The maximum atomic E-state index is 5.60. The van der Waals surface area contributed by atoms with E-state index in [0.29, 0.717) is 5.75 Å². The van der Waals surface area contributed by atoms with Crippen molar-refractivity contribution in [2.24, 2.45) is 10.7 Å². The number of hydrogen-bond acceptors (Lipinski definition) is 2. The van der Waals surface area contributed by atoms with E-state index in [1.54, 1.807) is 7.11 Å². The highest BCUT2D eigenvalue weighted by atomic mass is 127. The second kappa shape index (κ2) is 7.82. The number of rotatable bonds is 3. The molecule has 0 spiro atoms. The number of terminal acetylenes is 1. The van der Waals surface area contributed by atoms with E-state index in [4.69, 9.17) is 16.9 Å². The zero-order valence-electron chi connectivity index (χ0n) is 8.93. The Morgan fingerprint density at radius 3 is 2.88 bits per heavy atom. The molecule has 0 fully saturated rings. The predicted octanol–water partition coefficient (Wildman–Crippen LogP) is 1.67. The second-order valence-electron chi connectivity index (χ2n) is 2.73. The van der Waals surface area contributed by atoms with Crippen LogP contribution in [0.15, 0.2) is 29.3 Å². The lowest BCUT2D eigenvalue weighted by molar-refractivity contribution is 0.417.